The van der Waals surface area contributed by atoms with Crippen LogP contribution in [0.4, 0.5) is 22.8 Å². The van der Waals surface area contributed by atoms with E-state index < -0.39 is 53.7 Å². The van der Waals surface area contributed by atoms with Crippen molar-refractivity contribution < 1.29 is 41.8 Å². The highest BCUT2D eigenvalue weighted by Crippen LogP contribution is 2.23. The zero-order chi connectivity index (χ0) is 35.8. The number of nitrogens with zero attached hydrogens (tertiary/aromatic N) is 4. The van der Waals surface area contributed by atoms with Crippen LogP contribution in [0, 0.1) is 17.5 Å². The number of likely N-dealkylation sites (N-methyl/N-ethyl adjacent to an activating group) is 1. The van der Waals surface area contributed by atoms with Gasteiger partial charge in [-0.2, -0.15) is 0 Å². The number of hydrogen-bond donors (Lipinski definition) is 0. The van der Waals surface area contributed by atoms with E-state index in [0.717, 1.165) is 27.7 Å². The van der Waals surface area contributed by atoms with E-state index in [1.807, 2.05) is 0 Å². The number of fused-ring (bicyclic) bond motifs is 1. The van der Waals surface area contributed by atoms with Crippen LogP contribution in [0.5, 0.6) is 0 Å². The summed E-state index contributed by atoms with van der Waals surface area (Å²) < 4.78 is 54.7. The van der Waals surface area contributed by atoms with Crippen molar-refractivity contribution >= 4 is 34.8 Å². The van der Waals surface area contributed by atoms with Gasteiger partial charge < -0.3 is 23.8 Å². The molecule has 49 heavy (non-hydrogen) atoms. The number of rotatable bonds is 12. The molecule has 2 heterocycles. The van der Waals surface area contributed by atoms with E-state index in [1.165, 1.54) is 66.2 Å². The van der Waals surface area contributed by atoms with E-state index in [4.69, 9.17) is 9.47 Å². The van der Waals surface area contributed by atoms with Gasteiger partial charge in [0.1, 0.15) is 24.1 Å². The summed E-state index contributed by atoms with van der Waals surface area (Å²) in [5, 5.41) is 0.325. The molecule has 0 aliphatic heterocycles. The third-order valence-corrected chi connectivity index (χ3v) is 7.45. The van der Waals surface area contributed by atoms with E-state index in [0.29, 0.717) is 11.5 Å². The average molecular weight is 681 g/mol. The Labute approximate surface area is 279 Å². The number of hydrogen-bond acceptors (Lipinski definition) is 7. The molecule has 1 atom stereocenters. The second-order valence-electron chi connectivity index (χ2n) is 11.6. The lowest BCUT2D eigenvalue weighted by atomic mass is 10.0. The minimum absolute atomic E-state index is 0.0667. The normalized spacial score (nSPS) is 11.8. The number of pyridine rings is 1. The van der Waals surface area contributed by atoms with Crippen molar-refractivity contribution in [3.05, 3.63) is 118 Å². The molecule has 0 aliphatic carbocycles. The lowest BCUT2D eigenvalue weighted by Gasteiger charge is -2.19. The molecule has 2 aromatic heterocycles. The van der Waals surface area contributed by atoms with Crippen LogP contribution in [-0.4, -0.2) is 77.1 Å². The maximum atomic E-state index is 14.2. The van der Waals surface area contributed by atoms with Crippen molar-refractivity contribution in [3.63, 3.8) is 0 Å². The highest BCUT2D eigenvalue weighted by molar-refractivity contribution is 5.91. The highest BCUT2D eigenvalue weighted by atomic mass is 19.1. The van der Waals surface area contributed by atoms with Gasteiger partial charge >= 0.3 is 12.2 Å². The summed E-state index contributed by atoms with van der Waals surface area (Å²) in [7, 11) is 6.10. The molecule has 4 aromatic rings. The number of carbonyl (C=O) groups excluding carboxylic acids is 4. The summed E-state index contributed by atoms with van der Waals surface area (Å²) in [6.45, 7) is -0.731. The van der Waals surface area contributed by atoms with Gasteiger partial charge in [-0.1, -0.05) is 12.1 Å². The Morgan fingerprint density at radius 1 is 0.898 bits per heavy atom. The summed E-state index contributed by atoms with van der Waals surface area (Å²) in [5.41, 5.74) is -0.0885. The van der Waals surface area contributed by atoms with Crippen molar-refractivity contribution in [2.75, 3.05) is 28.2 Å². The summed E-state index contributed by atoms with van der Waals surface area (Å²) in [5.74, 6) is -3.06. The molecule has 0 bridgehead atoms. The van der Waals surface area contributed by atoms with Gasteiger partial charge in [0, 0.05) is 69.1 Å². The summed E-state index contributed by atoms with van der Waals surface area (Å²) in [6, 6.07) is 11.0. The van der Waals surface area contributed by atoms with Crippen LogP contribution in [-0.2, 0) is 38.6 Å². The number of ketones is 1. The van der Waals surface area contributed by atoms with Crippen LogP contribution >= 0.6 is 0 Å². The molecule has 258 valence electrons. The number of carbonyl (C=O) groups is 4. The second-order valence-corrected chi connectivity index (χ2v) is 11.6. The van der Waals surface area contributed by atoms with E-state index in [1.54, 1.807) is 20.2 Å². The van der Waals surface area contributed by atoms with Crippen molar-refractivity contribution in [2.24, 2.45) is 0 Å². The predicted molar refractivity (Wildman–Crippen MR) is 173 cm³/mol. The molecule has 0 spiro atoms. The molecule has 0 N–H and O–H groups in total. The third kappa shape index (κ3) is 9.24. The topological polar surface area (TPSA) is 120 Å². The number of aromatic nitrogens is 2. The molecular formula is C35H35F3N4O7. The van der Waals surface area contributed by atoms with E-state index >= 15 is 0 Å². The van der Waals surface area contributed by atoms with Gasteiger partial charge in [0.05, 0.1) is 12.1 Å². The van der Waals surface area contributed by atoms with E-state index in [2.05, 4.69) is 0 Å². The quantitative estimate of drug-likeness (QED) is 0.192. The summed E-state index contributed by atoms with van der Waals surface area (Å²) in [4.78, 5) is 66.9. The Kier molecular flexibility index (Phi) is 11.8. The molecule has 0 radical (unpaired) electrons. The Bertz CT molecular complexity index is 1970. The fraction of sp³-hybridized carbons (Fsp3) is 0.286. The van der Waals surface area contributed by atoms with Crippen molar-refractivity contribution in [1.82, 2.24) is 18.9 Å². The van der Waals surface area contributed by atoms with Gasteiger partial charge in [-0.3, -0.25) is 14.4 Å². The number of halogens is 3. The molecule has 11 nitrogen and oxygen atoms in total. The maximum absolute atomic E-state index is 14.2. The Hall–Kier alpha value is -5.66. The van der Waals surface area contributed by atoms with Crippen LogP contribution < -0.4 is 5.56 Å². The fourth-order valence-corrected chi connectivity index (χ4v) is 4.83. The molecular weight excluding hydrogens is 645 g/mol. The molecule has 2 amide bonds. The largest absolute Gasteiger partial charge is 0.444 e. The van der Waals surface area contributed by atoms with Crippen LogP contribution in [0.25, 0.3) is 10.9 Å². The van der Waals surface area contributed by atoms with Crippen LogP contribution in [0.3, 0.4) is 0 Å². The van der Waals surface area contributed by atoms with Crippen LogP contribution in [0.15, 0.2) is 77.7 Å². The SMILES string of the molecule is CN(C)C(=O)/C=C/CC[C@H](OC(=O)N(C)C)C(=O)Cc1cccn(Cc2cc3cc(F)ccc3n2C(=O)OCc2ccc(F)cc2F)c1=O. The van der Waals surface area contributed by atoms with Gasteiger partial charge in [-0.15, -0.1) is 0 Å². The van der Waals surface area contributed by atoms with Crippen LogP contribution in [0.1, 0.15) is 29.7 Å². The zero-order valence-corrected chi connectivity index (χ0v) is 27.3. The summed E-state index contributed by atoms with van der Waals surface area (Å²) >= 11 is 0. The van der Waals surface area contributed by atoms with Crippen LogP contribution in [0.2, 0.25) is 0 Å². The Morgan fingerprint density at radius 2 is 1.61 bits per heavy atom. The minimum atomic E-state index is -1.21. The molecule has 0 saturated heterocycles. The molecule has 14 heteroatoms. The predicted octanol–water partition coefficient (Wildman–Crippen LogP) is 5.06. The number of benzene rings is 2. The first-order valence-corrected chi connectivity index (χ1v) is 15.1. The molecule has 0 aliphatic rings. The van der Waals surface area contributed by atoms with E-state index in [-0.39, 0.29) is 54.1 Å². The second kappa shape index (κ2) is 16.0. The average Bonchev–Trinajstić information content (AvgIpc) is 3.40. The number of allylic oxidation sites excluding steroid dienone is 1. The van der Waals surface area contributed by atoms with Gasteiger partial charge in [0.15, 0.2) is 11.9 Å². The Morgan fingerprint density at radius 3 is 2.31 bits per heavy atom. The molecule has 0 saturated carbocycles. The molecule has 2 aromatic carbocycles. The first kappa shape index (κ1) is 36.2. The minimum Gasteiger partial charge on any atom is -0.444 e. The number of ether oxygens (including phenoxy) is 2. The maximum Gasteiger partial charge on any atom is 0.419 e. The lowest BCUT2D eigenvalue weighted by molar-refractivity contribution is -0.127. The standard InChI is InChI=1S/C35H35F3N4O7/c1-39(2)32(44)10-6-5-9-31(49-34(46)40(3)4)30(43)18-22-8-7-15-41(33(22)45)20-27-17-24-16-25(36)13-14-29(24)42(27)35(47)48-21-23-11-12-26(37)19-28(23)38/h6-8,10-17,19,31H,5,9,18,20-21H2,1-4H3/b10-6+/t31-/m0/s1. The highest BCUT2D eigenvalue weighted by Gasteiger charge is 2.25. The third-order valence-electron chi connectivity index (χ3n) is 7.45. The molecule has 0 fully saturated rings. The monoisotopic (exact) mass is 680 g/mol. The smallest absolute Gasteiger partial charge is 0.419 e. The first-order chi connectivity index (χ1) is 23.2. The first-order valence-electron chi connectivity index (χ1n) is 15.1. The lowest BCUT2D eigenvalue weighted by Crippen LogP contribution is -2.35. The van der Waals surface area contributed by atoms with Crippen molar-refractivity contribution in [2.45, 2.75) is 38.5 Å². The number of Topliss-reactive ketones (excluding diaryl/α,β-unsaturated/α-hetero) is 1. The zero-order valence-electron chi connectivity index (χ0n) is 27.3. The fourth-order valence-electron chi connectivity index (χ4n) is 4.83. The molecule has 0 unspecified atom stereocenters. The number of amides is 2. The van der Waals surface area contributed by atoms with Gasteiger partial charge in [0.25, 0.3) is 5.56 Å². The van der Waals surface area contributed by atoms with Crippen molar-refractivity contribution in [1.29, 1.82) is 0 Å². The summed E-state index contributed by atoms with van der Waals surface area (Å²) in [6.07, 6.45) is 1.35. The van der Waals surface area contributed by atoms with Gasteiger partial charge in [-0.25, -0.2) is 27.3 Å². The van der Waals surface area contributed by atoms with Crippen molar-refractivity contribution in [3.8, 4) is 0 Å². The van der Waals surface area contributed by atoms with E-state index in [9.17, 15) is 37.1 Å². The van der Waals surface area contributed by atoms with Gasteiger partial charge in [0.2, 0.25) is 5.91 Å². The van der Waals surface area contributed by atoms with Gasteiger partial charge in [-0.05, 0) is 61.4 Å². The molecule has 4 rings (SSSR count). The Balaban J connectivity index is 1.58.